The first-order valence-corrected chi connectivity index (χ1v) is 13.5. The molecule has 1 aromatic carbocycles. The fourth-order valence-corrected chi connectivity index (χ4v) is 6.21. The molecule has 1 atom stereocenters. The lowest BCUT2D eigenvalue weighted by atomic mass is 9.94. The summed E-state index contributed by atoms with van der Waals surface area (Å²) in [5, 5.41) is 16.3. The number of aromatic nitrogens is 5. The van der Waals surface area contributed by atoms with Crippen molar-refractivity contribution in [3.63, 3.8) is 0 Å². The van der Waals surface area contributed by atoms with Gasteiger partial charge in [0.15, 0.2) is 5.82 Å². The highest BCUT2D eigenvalue weighted by Gasteiger charge is 2.32. The van der Waals surface area contributed by atoms with Crippen molar-refractivity contribution in [2.45, 2.75) is 78.0 Å². The van der Waals surface area contributed by atoms with E-state index in [4.69, 9.17) is 0 Å². The standard InChI is InChI=1S/C27H34N6OS/c1-18(2)25(26-29-30-31-33(26)22-11-5-4-6-12-22)32(17-23-13-8-14-35-23)16-21-15-20-10-7-9-19(3)24(20)28-27(21)34/h7-10,13-15,18,22,25H,4-6,11-12,16-17H2,1-3H3,(H,28,34)/t25-/m0/s1. The second-order valence-electron chi connectivity index (χ2n) is 10.1. The number of rotatable bonds is 8. The van der Waals surface area contributed by atoms with Crippen LogP contribution in [0.25, 0.3) is 10.9 Å². The number of tetrazole rings is 1. The van der Waals surface area contributed by atoms with Crippen molar-refractivity contribution in [1.29, 1.82) is 0 Å². The maximum atomic E-state index is 13.2. The van der Waals surface area contributed by atoms with Gasteiger partial charge in [0.2, 0.25) is 0 Å². The summed E-state index contributed by atoms with van der Waals surface area (Å²) in [5.74, 6) is 1.18. The second-order valence-corrected chi connectivity index (χ2v) is 11.1. The average molecular weight is 491 g/mol. The third-order valence-corrected chi connectivity index (χ3v) is 8.07. The number of benzene rings is 1. The number of nitrogens with zero attached hydrogens (tertiary/aromatic N) is 5. The van der Waals surface area contributed by atoms with Crippen molar-refractivity contribution >= 4 is 22.2 Å². The molecule has 1 aliphatic rings. The van der Waals surface area contributed by atoms with Gasteiger partial charge in [0.05, 0.1) is 17.6 Å². The Morgan fingerprint density at radius 3 is 2.71 bits per heavy atom. The number of hydrogen-bond donors (Lipinski definition) is 1. The Labute approximate surface area is 210 Å². The van der Waals surface area contributed by atoms with Gasteiger partial charge in [0.25, 0.3) is 5.56 Å². The Bertz CT molecular complexity index is 1320. The second kappa shape index (κ2) is 10.4. The molecule has 4 aromatic rings. The minimum atomic E-state index is -0.0302. The van der Waals surface area contributed by atoms with Gasteiger partial charge in [0.1, 0.15) is 0 Å². The Morgan fingerprint density at radius 1 is 1.14 bits per heavy atom. The van der Waals surface area contributed by atoms with Crippen LogP contribution in [0.5, 0.6) is 0 Å². The summed E-state index contributed by atoms with van der Waals surface area (Å²) >= 11 is 1.74. The van der Waals surface area contributed by atoms with Gasteiger partial charge in [-0.05, 0) is 64.6 Å². The van der Waals surface area contributed by atoms with Crippen LogP contribution in [0.1, 0.15) is 79.9 Å². The van der Waals surface area contributed by atoms with Gasteiger partial charge in [-0.2, -0.15) is 0 Å². The van der Waals surface area contributed by atoms with Gasteiger partial charge in [-0.15, -0.1) is 16.4 Å². The molecule has 0 radical (unpaired) electrons. The predicted octanol–water partition coefficient (Wildman–Crippen LogP) is 5.79. The van der Waals surface area contributed by atoms with E-state index in [1.54, 1.807) is 11.3 Å². The molecule has 1 fully saturated rings. The number of fused-ring (bicyclic) bond motifs is 1. The van der Waals surface area contributed by atoms with Gasteiger partial charge < -0.3 is 4.98 Å². The minimum absolute atomic E-state index is 0.0124. The highest BCUT2D eigenvalue weighted by Crippen LogP contribution is 2.35. The van der Waals surface area contributed by atoms with E-state index in [2.05, 4.69) is 67.5 Å². The lowest BCUT2D eigenvalue weighted by Crippen LogP contribution is -2.35. The van der Waals surface area contributed by atoms with Crippen molar-refractivity contribution in [2.75, 3.05) is 0 Å². The number of pyridine rings is 1. The topological polar surface area (TPSA) is 79.7 Å². The number of aromatic amines is 1. The summed E-state index contributed by atoms with van der Waals surface area (Å²) in [6.45, 7) is 7.74. The Balaban J connectivity index is 1.54. The first-order valence-electron chi connectivity index (χ1n) is 12.7. The van der Waals surface area contributed by atoms with Gasteiger partial charge in [-0.25, -0.2) is 4.68 Å². The minimum Gasteiger partial charge on any atom is -0.321 e. The van der Waals surface area contributed by atoms with Gasteiger partial charge in [-0.1, -0.05) is 57.4 Å². The maximum Gasteiger partial charge on any atom is 0.252 e. The van der Waals surface area contributed by atoms with Crippen LogP contribution in [-0.4, -0.2) is 30.1 Å². The molecule has 7 nitrogen and oxygen atoms in total. The monoisotopic (exact) mass is 490 g/mol. The Kier molecular flexibility index (Phi) is 7.11. The van der Waals surface area contributed by atoms with Crippen LogP contribution in [0.2, 0.25) is 0 Å². The summed E-state index contributed by atoms with van der Waals surface area (Å²) in [4.78, 5) is 20.0. The normalized spacial score (nSPS) is 15.9. The van der Waals surface area contributed by atoms with Crippen LogP contribution < -0.4 is 5.56 Å². The summed E-state index contributed by atoms with van der Waals surface area (Å²) < 4.78 is 2.08. The van der Waals surface area contributed by atoms with Crippen LogP contribution in [0.4, 0.5) is 0 Å². The summed E-state index contributed by atoms with van der Waals surface area (Å²) in [5.41, 5.74) is 2.72. The van der Waals surface area contributed by atoms with E-state index < -0.39 is 0 Å². The smallest absolute Gasteiger partial charge is 0.252 e. The van der Waals surface area contributed by atoms with E-state index in [1.165, 1.54) is 24.1 Å². The van der Waals surface area contributed by atoms with Gasteiger partial charge >= 0.3 is 0 Å². The first kappa shape index (κ1) is 23.9. The van der Waals surface area contributed by atoms with Crippen LogP contribution >= 0.6 is 11.3 Å². The number of nitrogens with one attached hydrogen (secondary N) is 1. The van der Waals surface area contributed by atoms with Gasteiger partial charge in [-0.3, -0.25) is 9.69 Å². The zero-order valence-electron chi connectivity index (χ0n) is 20.8. The molecule has 35 heavy (non-hydrogen) atoms. The van der Waals surface area contributed by atoms with Crippen molar-refractivity contribution in [3.8, 4) is 0 Å². The van der Waals surface area contributed by atoms with Crippen molar-refractivity contribution in [1.82, 2.24) is 30.1 Å². The molecule has 0 aliphatic heterocycles. The fourth-order valence-electron chi connectivity index (χ4n) is 5.48. The molecule has 184 valence electrons. The molecule has 0 spiro atoms. The largest absolute Gasteiger partial charge is 0.321 e. The molecule has 5 rings (SSSR count). The fraction of sp³-hybridized carbons (Fsp3) is 0.481. The molecule has 0 bridgehead atoms. The number of para-hydroxylation sites is 1. The molecule has 3 aromatic heterocycles. The van der Waals surface area contributed by atoms with E-state index in [9.17, 15) is 4.79 Å². The van der Waals surface area contributed by atoms with E-state index in [0.717, 1.165) is 47.2 Å². The number of aryl methyl sites for hydroxylation is 1. The zero-order chi connectivity index (χ0) is 24.4. The van der Waals surface area contributed by atoms with Crippen LogP contribution in [0, 0.1) is 12.8 Å². The summed E-state index contributed by atoms with van der Waals surface area (Å²) in [6, 6.07) is 12.8. The first-order chi connectivity index (χ1) is 17.0. The Morgan fingerprint density at radius 2 is 1.97 bits per heavy atom. The molecule has 0 saturated heterocycles. The highest BCUT2D eigenvalue weighted by molar-refractivity contribution is 7.09. The number of hydrogen-bond acceptors (Lipinski definition) is 6. The molecule has 1 saturated carbocycles. The zero-order valence-corrected chi connectivity index (χ0v) is 21.6. The van der Waals surface area contributed by atoms with Crippen LogP contribution in [0.3, 0.4) is 0 Å². The average Bonchev–Trinajstić information content (AvgIpc) is 3.53. The van der Waals surface area contributed by atoms with Crippen molar-refractivity contribution < 1.29 is 0 Å². The maximum absolute atomic E-state index is 13.2. The molecule has 0 amide bonds. The lowest BCUT2D eigenvalue weighted by Gasteiger charge is -2.34. The predicted molar refractivity (Wildman–Crippen MR) is 140 cm³/mol. The molecule has 1 aliphatic carbocycles. The molecular weight excluding hydrogens is 456 g/mol. The highest BCUT2D eigenvalue weighted by atomic mass is 32.1. The molecule has 1 N–H and O–H groups in total. The third kappa shape index (κ3) is 5.09. The summed E-state index contributed by atoms with van der Waals surface area (Å²) in [7, 11) is 0. The number of H-pyrrole nitrogens is 1. The molecule has 3 heterocycles. The Hall–Kier alpha value is -2.84. The lowest BCUT2D eigenvalue weighted by molar-refractivity contribution is 0.122. The van der Waals surface area contributed by atoms with Crippen molar-refractivity contribution in [2.24, 2.45) is 5.92 Å². The number of thiophene rings is 1. The SMILES string of the molecule is Cc1cccc2cc(CN(Cc3cccs3)[C@H](c3nnnn3C3CCCCC3)C(C)C)c(=O)[nH]c12. The van der Waals surface area contributed by atoms with E-state index in [0.29, 0.717) is 12.6 Å². The van der Waals surface area contributed by atoms with E-state index >= 15 is 0 Å². The third-order valence-electron chi connectivity index (χ3n) is 7.21. The van der Waals surface area contributed by atoms with E-state index in [-0.39, 0.29) is 17.5 Å². The van der Waals surface area contributed by atoms with Gasteiger partial charge in [0, 0.05) is 23.5 Å². The molecule has 0 unspecified atom stereocenters. The molecule has 8 heteroatoms. The van der Waals surface area contributed by atoms with Crippen LogP contribution in [-0.2, 0) is 13.1 Å². The molecular formula is C27H34N6OS. The van der Waals surface area contributed by atoms with E-state index in [1.807, 2.05) is 25.1 Å². The summed E-state index contributed by atoms with van der Waals surface area (Å²) in [6.07, 6.45) is 5.98. The van der Waals surface area contributed by atoms with Crippen LogP contribution in [0.15, 0.2) is 46.6 Å². The van der Waals surface area contributed by atoms with Crippen molar-refractivity contribution in [3.05, 3.63) is 74.0 Å². The quantitative estimate of drug-likeness (QED) is 0.338.